The van der Waals surface area contributed by atoms with Gasteiger partial charge in [0.15, 0.2) is 0 Å². The standard InChI is InChI=1S/C20H25FN2O2/c1-15(24)12-18(17-7-3-2-4-8-17)14-23-20(25)22-11-10-16-6-5-9-19(21)13-16/h2-9,13,15,18,24H,10-12,14H2,1H3,(H2,22,23,25). The molecule has 0 aliphatic carbocycles. The summed E-state index contributed by atoms with van der Waals surface area (Å²) in [6, 6.07) is 15.9. The van der Waals surface area contributed by atoms with Crippen LogP contribution < -0.4 is 10.6 Å². The van der Waals surface area contributed by atoms with Crippen LogP contribution in [0.1, 0.15) is 30.4 Å². The van der Waals surface area contributed by atoms with Gasteiger partial charge in [-0.25, -0.2) is 9.18 Å². The van der Waals surface area contributed by atoms with Crippen molar-refractivity contribution in [2.75, 3.05) is 13.1 Å². The quantitative estimate of drug-likeness (QED) is 0.688. The van der Waals surface area contributed by atoms with E-state index in [4.69, 9.17) is 0 Å². The zero-order chi connectivity index (χ0) is 18.1. The normalized spacial score (nSPS) is 13.1. The Labute approximate surface area is 148 Å². The molecule has 5 heteroatoms. The predicted molar refractivity (Wildman–Crippen MR) is 97.0 cm³/mol. The number of hydrogen-bond donors (Lipinski definition) is 3. The van der Waals surface area contributed by atoms with E-state index in [9.17, 15) is 14.3 Å². The molecule has 2 rings (SSSR count). The van der Waals surface area contributed by atoms with Crippen molar-refractivity contribution in [3.63, 3.8) is 0 Å². The lowest BCUT2D eigenvalue weighted by Gasteiger charge is -2.20. The van der Waals surface area contributed by atoms with Gasteiger partial charge >= 0.3 is 6.03 Å². The Morgan fingerprint density at radius 1 is 1.12 bits per heavy atom. The number of rotatable bonds is 8. The van der Waals surface area contributed by atoms with Crippen molar-refractivity contribution >= 4 is 6.03 Å². The minimum Gasteiger partial charge on any atom is -0.393 e. The maximum absolute atomic E-state index is 13.1. The molecule has 2 amide bonds. The number of hydrogen-bond acceptors (Lipinski definition) is 2. The number of carbonyl (C=O) groups is 1. The molecule has 0 aliphatic heterocycles. The molecular formula is C20H25FN2O2. The van der Waals surface area contributed by atoms with Gasteiger partial charge in [0.2, 0.25) is 0 Å². The molecule has 134 valence electrons. The van der Waals surface area contributed by atoms with Crippen LogP contribution in [-0.4, -0.2) is 30.3 Å². The Morgan fingerprint density at radius 3 is 2.56 bits per heavy atom. The Balaban J connectivity index is 1.78. The summed E-state index contributed by atoms with van der Waals surface area (Å²) < 4.78 is 13.1. The second-order valence-corrected chi connectivity index (χ2v) is 6.21. The van der Waals surface area contributed by atoms with E-state index in [2.05, 4.69) is 10.6 Å². The van der Waals surface area contributed by atoms with Crippen LogP contribution in [0.25, 0.3) is 0 Å². The molecule has 2 atom stereocenters. The maximum atomic E-state index is 13.1. The fraction of sp³-hybridized carbons (Fsp3) is 0.350. The van der Waals surface area contributed by atoms with Crippen LogP contribution in [-0.2, 0) is 6.42 Å². The lowest BCUT2D eigenvalue weighted by atomic mass is 9.93. The van der Waals surface area contributed by atoms with Crippen LogP contribution in [0.5, 0.6) is 0 Å². The lowest BCUT2D eigenvalue weighted by Crippen LogP contribution is -2.39. The molecular weight excluding hydrogens is 319 g/mol. The third-order valence-electron chi connectivity index (χ3n) is 3.99. The van der Waals surface area contributed by atoms with E-state index < -0.39 is 6.10 Å². The summed E-state index contributed by atoms with van der Waals surface area (Å²) in [5.41, 5.74) is 1.93. The highest BCUT2D eigenvalue weighted by Gasteiger charge is 2.15. The second kappa shape index (κ2) is 9.79. The van der Waals surface area contributed by atoms with Crippen LogP contribution in [0.3, 0.4) is 0 Å². The van der Waals surface area contributed by atoms with Gasteiger partial charge in [-0.3, -0.25) is 0 Å². The number of urea groups is 1. The minimum atomic E-state index is -0.442. The molecule has 0 aromatic heterocycles. The molecule has 0 saturated carbocycles. The molecule has 0 spiro atoms. The van der Waals surface area contributed by atoms with E-state index in [0.717, 1.165) is 11.1 Å². The number of carbonyl (C=O) groups excluding carboxylic acids is 1. The molecule has 0 fully saturated rings. The summed E-state index contributed by atoms with van der Waals surface area (Å²) in [6.45, 7) is 2.62. The first-order chi connectivity index (χ1) is 12.0. The molecule has 0 radical (unpaired) electrons. The second-order valence-electron chi connectivity index (χ2n) is 6.21. The zero-order valence-corrected chi connectivity index (χ0v) is 14.4. The molecule has 2 aromatic carbocycles. The van der Waals surface area contributed by atoms with Gasteiger partial charge in [-0.05, 0) is 43.0 Å². The fourth-order valence-electron chi connectivity index (χ4n) is 2.77. The molecule has 0 heterocycles. The van der Waals surface area contributed by atoms with Crippen molar-refractivity contribution in [2.45, 2.75) is 31.8 Å². The lowest BCUT2D eigenvalue weighted by molar-refractivity contribution is 0.173. The number of aliphatic hydroxyl groups excluding tert-OH is 1. The van der Waals surface area contributed by atoms with Crippen molar-refractivity contribution in [2.24, 2.45) is 0 Å². The van der Waals surface area contributed by atoms with Gasteiger partial charge in [-0.2, -0.15) is 0 Å². The molecule has 0 aliphatic rings. The third-order valence-corrected chi connectivity index (χ3v) is 3.99. The Bertz CT molecular complexity index is 662. The molecule has 0 saturated heterocycles. The first-order valence-corrected chi connectivity index (χ1v) is 8.53. The monoisotopic (exact) mass is 344 g/mol. The summed E-state index contributed by atoms with van der Waals surface area (Å²) in [4.78, 5) is 12.0. The largest absolute Gasteiger partial charge is 0.393 e. The summed E-state index contributed by atoms with van der Waals surface area (Å²) >= 11 is 0. The first-order valence-electron chi connectivity index (χ1n) is 8.53. The van der Waals surface area contributed by atoms with Crippen LogP contribution >= 0.6 is 0 Å². The molecule has 0 bridgehead atoms. The van der Waals surface area contributed by atoms with Crippen molar-refractivity contribution in [3.05, 3.63) is 71.5 Å². The van der Waals surface area contributed by atoms with Gasteiger partial charge in [-0.1, -0.05) is 42.5 Å². The highest BCUT2D eigenvalue weighted by molar-refractivity contribution is 5.73. The van der Waals surface area contributed by atoms with Crippen molar-refractivity contribution < 1.29 is 14.3 Å². The van der Waals surface area contributed by atoms with Gasteiger partial charge in [0.1, 0.15) is 5.82 Å². The first kappa shape index (κ1) is 18.9. The average molecular weight is 344 g/mol. The summed E-state index contributed by atoms with van der Waals surface area (Å²) in [6.07, 6.45) is 0.706. The van der Waals surface area contributed by atoms with Crippen LogP contribution in [0.4, 0.5) is 9.18 Å². The fourth-order valence-corrected chi connectivity index (χ4v) is 2.77. The average Bonchev–Trinajstić information content (AvgIpc) is 2.59. The Morgan fingerprint density at radius 2 is 1.88 bits per heavy atom. The van der Waals surface area contributed by atoms with Crippen molar-refractivity contribution in [1.82, 2.24) is 10.6 Å². The van der Waals surface area contributed by atoms with E-state index in [1.165, 1.54) is 12.1 Å². The third kappa shape index (κ3) is 6.93. The van der Waals surface area contributed by atoms with Gasteiger partial charge in [0, 0.05) is 19.0 Å². The number of nitrogens with one attached hydrogen (secondary N) is 2. The van der Waals surface area contributed by atoms with Gasteiger partial charge in [0.25, 0.3) is 0 Å². The number of amides is 2. The number of benzene rings is 2. The minimum absolute atomic E-state index is 0.0511. The van der Waals surface area contributed by atoms with E-state index in [1.807, 2.05) is 36.4 Å². The molecule has 4 nitrogen and oxygen atoms in total. The molecule has 2 unspecified atom stereocenters. The predicted octanol–water partition coefficient (Wildman–Crippen LogP) is 3.22. The van der Waals surface area contributed by atoms with E-state index >= 15 is 0 Å². The highest BCUT2D eigenvalue weighted by Crippen LogP contribution is 2.20. The van der Waals surface area contributed by atoms with Crippen molar-refractivity contribution in [3.8, 4) is 0 Å². The Hall–Kier alpha value is -2.40. The van der Waals surface area contributed by atoms with E-state index in [-0.39, 0.29) is 17.8 Å². The van der Waals surface area contributed by atoms with Gasteiger partial charge in [0.05, 0.1) is 6.10 Å². The van der Waals surface area contributed by atoms with Crippen LogP contribution in [0.15, 0.2) is 54.6 Å². The number of halogens is 1. The van der Waals surface area contributed by atoms with Crippen LogP contribution in [0.2, 0.25) is 0 Å². The molecule has 25 heavy (non-hydrogen) atoms. The number of aliphatic hydroxyl groups is 1. The summed E-state index contributed by atoms with van der Waals surface area (Å²) in [5.74, 6) is -0.221. The zero-order valence-electron chi connectivity index (χ0n) is 14.4. The SMILES string of the molecule is CC(O)CC(CNC(=O)NCCc1cccc(F)c1)c1ccccc1. The van der Waals surface area contributed by atoms with Crippen LogP contribution in [0, 0.1) is 5.82 Å². The summed E-state index contributed by atoms with van der Waals surface area (Å²) in [5, 5.41) is 15.3. The van der Waals surface area contributed by atoms with Gasteiger partial charge in [-0.15, -0.1) is 0 Å². The Kier molecular flexibility index (Phi) is 7.41. The molecule has 2 aromatic rings. The maximum Gasteiger partial charge on any atom is 0.314 e. The van der Waals surface area contributed by atoms with Crippen molar-refractivity contribution in [1.29, 1.82) is 0 Å². The van der Waals surface area contributed by atoms with E-state index in [0.29, 0.717) is 25.9 Å². The topological polar surface area (TPSA) is 61.4 Å². The van der Waals surface area contributed by atoms with E-state index in [1.54, 1.807) is 13.0 Å². The van der Waals surface area contributed by atoms with Gasteiger partial charge < -0.3 is 15.7 Å². The highest BCUT2D eigenvalue weighted by atomic mass is 19.1. The smallest absolute Gasteiger partial charge is 0.314 e. The molecule has 3 N–H and O–H groups in total. The summed E-state index contributed by atoms with van der Waals surface area (Å²) in [7, 11) is 0.